The minimum Gasteiger partial charge on any atom is -0.497 e. The molecule has 0 aromatic heterocycles. The molecular formula is C22H24N4O2. The third kappa shape index (κ3) is 5.74. The Bertz CT molecular complexity index is 822. The van der Waals surface area contributed by atoms with Gasteiger partial charge < -0.3 is 14.8 Å². The minimum absolute atomic E-state index is 0.688. The van der Waals surface area contributed by atoms with Gasteiger partial charge >= 0.3 is 0 Å². The molecule has 0 amide bonds. The smallest absolute Gasteiger partial charge is 0.212 e. The van der Waals surface area contributed by atoms with E-state index in [9.17, 15) is 0 Å². The van der Waals surface area contributed by atoms with E-state index in [1.165, 1.54) is 0 Å². The average molecular weight is 376 g/mol. The molecular weight excluding hydrogens is 352 g/mol. The zero-order valence-electron chi connectivity index (χ0n) is 16.1. The maximum absolute atomic E-state index is 5.20. The molecule has 1 aliphatic rings. The zero-order valence-corrected chi connectivity index (χ0v) is 16.1. The van der Waals surface area contributed by atoms with Gasteiger partial charge in [-0.1, -0.05) is 36.4 Å². The van der Waals surface area contributed by atoms with Crippen molar-refractivity contribution in [2.45, 2.75) is 0 Å². The number of rotatable bonds is 7. The van der Waals surface area contributed by atoms with Crippen LogP contribution in [0.4, 0.5) is 0 Å². The van der Waals surface area contributed by atoms with Crippen LogP contribution >= 0.6 is 0 Å². The molecule has 6 heteroatoms. The van der Waals surface area contributed by atoms with Crippen molar-refractivity contribution in [3.63, 3.8) is 0 Å². The Balaban J connectivity index is 1.75. The van der Waals surface area contributed by atoms with Crippen molar-refractivity contribution in [2.24, 2.45) is 10.1 Å². The second-order valence-corrected chi connectivity index (χ2v) is 6.02. The molecule has 2 N–H and O–H groups in total. The number of hydrazone groups is 1. The number of methoxy groups -OCH3 is 2. The number of hydrogen-bond donors (Lipinski definition) is 2. The highest BCUT2D eigenvalue weighted by Gasteiger charge is 2.02. The van der Waals surface area contributed by atoms with Crippen molar-refractivity contribution >= 4 is 23.8 Å². The van der Waals surface area contributed by atoms with E-state index in [-0.39, 0.29) is 0 Å². The van der Waals surface area contributed by atoms with Crippen molar-refractivity contribution in [1.29, 1.82) is 0 Å². The highest BCUT2D eigenvalue weighted by atomic mass is 16.5. The molecule has 0 saturated heterocycles. The fourth-order valence-electron chi connectivity index (χ4n) is 2.51. The first-order valence-electron chi connectivity index (χ1n) is 9.03. The van der Waals surface area contributed by atoms with Crippen LogP contribution in [0.5, 0.6) is 11.5 Å². The zero-order chi connectivity index (χ0) is 19.6. The molecule has 0 spiro atoms. The summed E-state index contributed by atoms with van der Waals surface area (Å²) >= 11 is 0. The second kappa shape index (κ2) is 9.97. The van der Waals surface area contributed by atoms with Crippen LogP contribution in [-0.2, 0) is 0 Å². The van der Waals surface area contributed by atoms with Crippen molar-refractivity contribution in [3.8, 4) is 11.5 Å². The summed E-state index contributed by atoms with van der Waals surface area (Å²) < 4.78 is 10.4. The van der Waals surface area contributed by atoms with Crippen LogP contribution in [0.15, 0.2) is 70.8 Å². The predicted molar refractivity (Wildman–Crippen MR) is 115 cm³/mol. The lowest BCUT2D eigenvalue weighted by molar-refractivity contribution is 0.414. The fraction of sp³-hybridized carbons (Fsp3) is 0.182. The van der Waals surface area contributed by atoms with Gasteiger partial charge in [-0.25, -0.2) is 10.4 Å². The quantitative estimate of drug-likeness (QED) is 0.575. The summed E-state index contributed by atoms with van der Waals surface area (Å²) in [7, 11) is 3.32. The van der Waals surface area contributed by atoms with Crippen molar-refractivity contribution in [1.82, 2.24) is 10.7 Å². The van der Waals surface area contributed by atoms with Crippen LogP contribution < -0.4 is 20.2 Å². The van der Waals surface area contributed by atoms with Gasteiger partial charge in [-0.15, -0.1) is 0 Å². The fourth-order valence-corrected chi connectivity index (χ4v) is 2.51. The van der Waals surface area contributed by atoms with E-state index in [2.05, 4.69) is 20.8 Å². The van der Waals surface area contributed by atoms with E-state index in [1.54, 1.807) is 14.2 Å². The van der Waals surface area contributed by atoms with Crippen LogP contribution in [0.2, 0.25) is 0 Å². The van der Waals surface area contributed by atoms with Gasteiger partial charge in [-0.3, -0.25) is 0 Å². The third-order valence-corrected chi connectivity index (χ3v) is 4.09. The van der Waals surface area contributed by atoms with Gasteiger partial charge in [-0.05, 0) is 47.5 Å². The lowest BCUT2D eigenvalue weighted by Crippen LogP contribution is -2.30. The summed E-state index contributed by atoms with van der Waals surface area (Å²) in [5, 5.41) is 7.59. The molecule has 1 heterocycles. The minimum atomic E-state index is 0.688. The summed E-state index contributed by atoms with van der Waals surface area (Å²) in [6, 6.07) is 15.7. The highest BCUT2D eigenvalue weighted by molar-refractivity contribution is 6.09. The van der Waals surface area contributed by atoms with Gasteiger partial charge in [-0.2, -0.15) is 5.10 Å². The summed E-state index contributed by atoms with van der Waals surface area (Å²) in [6.07, 6.45) is 7.90. The first kappa shape index (κ1) is 19.2. The van der Waals surface area contributed by atoms with Crippen molar-refractivity contribution in [2.75, 3.05) is 27.3 Å². The number of benzene rings is 2. The normalized spacial score (nSPS) is 13.3. The summed E-state index contributed by atoms with van der Waals surface area (Å²) in [4.78, 5) is 4.29. The highest BCUT2D eigenvalue weighted by Crippen LogP contribution is 2.14. The lowest BCUT2D eigenvalue weighted by atomic mass is 10.1. The number of allylic oxidation sites excluding steroid dienone is 2. The van der Waals surface area contributed by atoms with Gasteiger partial charge in [0.15, 0.2) is 0 Å². The van der Waals surface area contributed by atoms with Gasteiger partial charge in [0, 0.05) is 6.54 Å². The molecule has 0 radical (unpaired) electrons. The molecule has 1 aliphatic heterocycles. The maximum Gasteiger partial charge on any atom is 0.212 e. The molecule has 2 aromatic rings. The molecule has 0 atom stereocenters. The number of aliphatic imine (C=N–C) groups is 1. The Kier molecular flexibility index (Phi) is 6.84. The second-order valence-electron chi connectivity index (χ2n) is 6.02. The monoisotopic (exact) mass is 376 g/mol. The largest absolute Gasteiger partial charge is 0.497 e. The SMILES string of the molecule is COc1ccc(C=CC(C=Cc2ccc(OC)cc2)=NNC2=NCCN2)cc1. The molecule has 0 unspecified atom stereocenters. The third-order valence-electron chi connectivity index (χ3n) is 4.09. The summed E-state index contributed by atoms with van der Waals surface area (Å²) in [5.74, 6) is 2.35. The molecule has 3 rings (SSSR count). The maximum atomic E-state index is 5.20. The lowest BCUT2D eigenvalue weighted by Gasteiger charge is -2.02. The standard InChI is InChI=1S/C22H24N4O2/c1-27-20-11-5-17(6-12-20)3-9-19(25-26-22-23-15-16-24-22)10-4-18-7-13-21(28-2)14-8-18/h3-14H,15-16H2,1-2H3,(H2,23,24,26). The molecule has 28 heavy (non-hydrogen) atoms. The predicted octanol–water partition coefficient (Wildman–Crippen LogP) is 3.34. The molecule has 6 nitrogen and oxygen atoms in total. The summed E-state index contributed by atoms with van der Waals surface area (Å²) in [5.41, 5.74) is 5.86. The van der Waals surface area contributed by atoms with Crippen molar-refractivity contribution < 1.29 is 9.47 Å². The van der Waals surface area contributed by atoms with E-state index >= 15 is 0 Å². The number of hydrogen-bond acceptors (Lipinski definition) is 6. The Morgan fingerprint density at radius 3 is 1.89 bits per heavy atom. The van der Waals surface area contributed by atoms with E-state index in [4.69, 9.17) is 9.47 Å². The van der Waals surface area contributed by atoms with Gasteiger partial charge in [0.05, 0.1) is 26.5 Å². The Hall–Kier alpha value is -3.54. The molecule has 0 bridgehead atoms. The number of nitrogens with one attached hydrogen (secondary N) is 2. The number of ether oxygens (including phenoxy) is 2. The molecule has 2 aromatic carbocycles. The van der Waals surface area contributed by atoms with Gasteiger partial charge in [0.25, 0.3) is 0 Å². The van der Waals surface area contributed by atoms with Crippen LogP contribution in [0.3, 0.4) is 0 Å². The molecule has 144 valence electrons. The van der Waals surface area contributed by atoms with Crippen LogP contribution in [0, 0.1) is 0 Å². The molecule has 0 aliphatic carbocycles. The van der Waals surface area contributed by atoms with Crippen LogP contribution in [-0.4, -0.2) is 39.0 Å². The number of nitrogens with zero attached hydrogens (tertiary/aromatic N) is 2. The Morgan fingerprint density at radius 1 is 0.929 bits per heavy atom. The topological polar surface area (TPSA) is 67.2 Å². The summed E-state index contributed by atoms with van der Waals surface area (Å²) in [6.45, 7) is 1.59. The van der Waals surface area contributed by atoms with Crippen molar-refractivity contribution in [3.05, 3.63) is 71.8 Å². The molecule has 0 fully saturated rings. The van der Waals surface area contributed by atoms with Crippen LogP contribution in [0.25, 0.3) is 12.2 Å². The first-order valence-corrected chi connectivity index (χ1v) is 9.03. The Labute approximate surface area is 165 Å². The first-order chi connectivity index (χ1) is 13.8. The van der Waals surface area contributed by atoms with E-state index in [0.717, 1.165) is 41.4 Å². The average Bonchev–Trinajstić information content (AvgIpc) is 3.27. The Morgan fingerprint density at radius 2 is 1.46 bits per heavy atom. The van der Waals surface area contributed by atoms with E-state index in [0.29, 0.717) is 5.96 Å². The van der Waals surface area contributed by atoms with E-state index in [1.807, 2.05) is 72.8 Å². The number of guanidine groups is 1. The molecule has 0 saturated carbocycles. The van der Waals surface area contributed by atoms with E-state index < -0.39 is 0 Å². The van der Waals surface area contributed by atoms with Gasteiger partial charge in [0.1, 0.15) is 11.5 Å². The van der Waals surface area contributed by atoms with Crippen LogP contribution in [0.1, 0.15) is 11.1 Å². The van der Waals surface area contributed by atoms with Gasteiger partial charge in [0.2, 0.25) is 5.96 Å².